The van der Waals surface area contributed by atoms with E-state index in [1.54, 1.807) is 7.11 Å². The lowest BCUT2D eigenvalue weighted by atomic mass is 9.78. The average Bonchev–Trinajstić information content (AvgIpc) is 2.96. The summed E-state index contributed by atoms with van der Waals surface area (Å²) in [5.74, 6) is 0.868. The van der Waals surface area contributed by atoms with Gasteiger partial charge in [-0.05, 0) is 48.7 Å². The Labute approximate surface area is 172 Å². The summed E-state index contributed by atoms with van der Waals surface area (Å²) in [4.78, 5) is 21.6. The molecule has 0 aliphatic carbocycles. The lowest BCUT2D eigenvalue weighted by Crippen LogP contribution is -2.48. The van der Waals surface area contributed by atoms with Crippen LogP contribution in [-0.2, 0) is 11.3 Å². The number of piperidine rings is 1. The number of hydrogen-bond acceptors (Lipinski definition) is 5. The minimum atomic E-state index is 0.101. The van der Waals surface area contributed by atoms with Gasteiger partial charge in [0.2, 0.25) is 0 Å². The van der Waals surface area contributed by atoms with Crippen molar-refractivity contribution in [1.82, 2.24) is 14.8 Å². The van der Waals surface area contributed by atoms with Crippen LogP contribution in [0.2, 0.25) is 0 Å². The van der Waals surface area contributed by atoms with Gasteiger partial charge in [0.25, 0.3) is 5.91 Å². The molecule has 6 nitrogen and oxygen atoms in total. The number of carbonyl (C=O) groups is 1. The van der Waals surface area contributed by atoms with E-state index in [0.29, 0.717) is 0 Å². The third kappa shape index (κ3) is 4.77. The van der Waals surface area contributed by atoms with Crippen LogP contribution in [0.5, 0.6) is 5.75 Å². The fourth-order valence-corrected chi connectivity index (χ4v) is 4.37. The van der Waals surface area contributed by atoms with E-state index in [1.807, 2.05) is 47.6 Å². The number of carbonyl (C=O) groups excluding carboxylic acids is 1. The van der Waals surface area contributed by atoms with Crippen LogP contribution in [0, 0.1) is 5.41 Å². The van der Waals surface area contributed by atoms with Gasteiger partial charge in [-0.25, -0.2) is 0 Å². The van der Waals surface area contributed by atoms with Crippen LogP contribution in [0.15, 0.2) is 48.8 Å². The first-order valence-electron chi connectivity index (χ1n) is 10.3. The molecule has 1 aromatic carbocycles. The van der Waals surface area contributed by atoms with Gasteiger partial charge in [0, 0.05) is 56.1 Å². The fourth-order valence-electron chi connectivity index (χ4n) is 4.37. The summed E-state index contributed by atoms with van der Waals surface area (Å²) in [7, 11) is 1.63. The third-order valence-corrected chi connectivity index (χ3v) is 6.10. The first-order valence-corrected chi connectivity index (χ1v) is 10.3. The smallest absolute Gasteiger partial charge is 0.253 e. The van der Waals surface area contributed by atoms with Crippen LogP contribution < -0.4 is 4.74 Å². The molecule has 2 fully saturated rings. The SMILES string of the molecule is COc1ccc(C(=O)N2CCC3(CC2)COCCN(Cc2cccnc2)C3)cc1. The van der Waals surface area contributed by atoms with E-state index in [2.05, 4.69) is 16.0 Å². The molecule has 3 heterocycles. The zero-order valence-electron chi connectivity index (χ0n) is 17.0. The van der Waals surface area contributed by atoms with E-state index in [4.69, 9.17) is 9.47 Å². The molecule has 0 atom stereocenters. The van der Waals surface area contributed by atoms with Gasteiger partial charge in [-0.1, -0.05) is 6.07 Å². The molecular formula is C23H29N3O3. The fraction of sp³-hybridized carbons (Fsp3) is 0.478. The molecule has 2 aromatic rings. The first kappa shape index (κ1) is 19.9. The number of pyridine rings is 1. The van der Waals surface area contributed by atoms with Gasteiger partial charge in [-0.15, -0.1) is 0 Å². The predicted molar refractivity (Wildman–Crippen MR) is 111 cm³/mol. The monoisotopic (exact) mass is 395 g/mol. The van der Waals surface area contributed by atoms with Crippen LogP contribution in [0.3, 0.4) is 0 Å². The quantitative estimate of drug-likeness (QED) is 0.797. The Morgan fingerprint density at radius 2 is 1.97 bits per heavy atom. The molecule has 154 valence electrons. The Morgan fingerprint density at radius 1 is 1.17 bits per heavy atom. The molecule has 0 bridgehead atoms. The maximum absolute atomic E-state index is 12.9. The summed E-state index contributed by atoms with van der Waals surface area (Å²) >= 11 is 0. The lowest BCUT2D eigenvalue weighted by Gasteiger charge is -2.42. The predicted octanol–water partition coefficient (Wildman–Crippen LogP) is 2.85. The Bertz CT molecular complexity index is 802. The molecule has 0 unspecified atom stereocenters. The van der Waals surface area contributed by atoms with Crippen LogP contribution >= 0.6 is 0 Å². The highest BCUT2D eigenvalue weighted by atomic mass is 16.5. The normalized spacial score (nSPS) is 19.7. The van der Waals surface area contributed by atoms with Gasteiger partial charge in [0.1, 0.15) is 5.75 Å². The third-order valence-electron chi connectivity index (χ3n) is 6.10. The lowest BCUT2D eigenvalue weighted by molar-refractivity contribution is 0.0145. The number of nitrogens with zero attached hydrogens (tertiary/aromatic N) is 3. The Kier molecular flexibility index (Phi) is 6.11. The highest BCUT2D eigenvalue weighted by molar-refractivity contribution is 5.94. The standard InChI is InChI=1S/C23H29N3O3/c1-28-21-6-4-20(5-7-21)22(27)26-11-8-23(9-12-26)17-25(13-14-29-18-23)16-19-3-2-10-24-15-19/h2-7,10,15H,8-9,11-14,16-18H2,1H3. The summed E-state index contributed by atoms with van der Waals surface area (Å²) in [6.45, 7) is 5.92. The molecule has 0 N–H and O–H groups in total. The molecule has 4 rings (SSSR count). The number of hydrogen-bond donors (Lipinski definition) is 0. The Balaban J connectivity index is 1.38. The molecule has 6 heteroatoms. The van der Waals surface area contributed by atoms with Crippen molar-refractivity contribution in [3.05, 3.63) is 59.9 Å². The number of methoxy groups -OCH3 is 1. The maximum Gasteiger partial charge on any atom is 0.253 e. The first-order chi connectivity index (χ1) is 14.2. The molecule has 2 saturated heterocycles. The van der Waals surface area contributed by atoms with Crippen molar-refractivity contribution in [2.75, 3.05) is 46.5 Å². The molecule has 2 aliphatic heterocycles. The maximum atomic E-state index is 12.9. The number of amides is 1. The van der Waals surface area contributed by atoms with Crippen molar-refractivity contribution in [3.8, 4) is 5.75 Å². The second kappa shape index (κ2) is 8.93. The van der Waals surface area contributed by atoms with Gasteiger partial charge in [0.05, 0.1) is 20.3 Å². The summed E-state index contributed by atoms with van der Waals surface area (Å²) < 4.78 is 11.2. The number of likely N-dealkylation sites (tertiary alicyclic amines) is 1. The average molecular weight is 396 g/mol. The summed E-state index contributed by atoms with van der Waals surface area (Å²) in [5.41, 5.74) is 2.07. The number of aromatic nitrogens is 1. The van der Waals surface area contributed by atoms with E-state index in [-0.39, 0.29) is 11.3 Å². The van der Waals surface area contributed by atoms with Gasteiger partial charge >= 0.3 is 0 Å². The number of benzene rings is 1. The van der Waals surface area contributed by atoms with Crippen LogP contribution in [0.25, 0.3) is 0 Å². The molecule has 0 saturated carbocycles. The zero-order valence-corrected chi connectivity index (χ0v) is 17.0. The van der Waals surface area contributed by atoms with Crippen LogP contribution in [-0.4, -0.2) is 67.2 Å². The Hall–Kier alpha value is -2.44. The summed E-state index contributed by atoms with van der Waals surface area (Å²) in [5, 5.41) is 0. The molecular weight excluding hydrogens is 366 g/mol. The molecule has 2 aliphatic rings. The summed E-state index contributed by atoms with van der Waals surface area (Å²) in [6, 6.07) is 11.5. The van der Waals surface area contributed by atoms with E-state index >= 15 is 0 Å². The largest absolute Gasteiger partial charge is 0.497 e. The van der Waals surface area contributed by atoms with Gasteiger partial charge in [-0.3, -0.25) is 14.7 Å². The van der Waals surface area contributed by atoms with Crippen molar-refractivity contribution in [1.29, 1.82) is 0 Å². The van der Waals surface area contributed by atoms with Gasteiger partial charge in [0.15, 0.2) is 0 Å². The zero-order chi connectivity index (χ0) is 20.1. The molecule has 29 heavy (non-hydrogen) atoms. The van der Waals surface area contributed by atoms with Crippen LogP contribution in [0.4, 0.5) is 0 Å². The minimum absolute atomic E-state index is 0.101. The highest BCUT2D eigenvalue weighted by Crippen LogP contribution is 2.35. The second-order valence-corrected chi connectivity index (χ2v) is 8.15. The molecule has 1 spiro atoms. The minimum Gasteiger partial charge on any atom is -0.497 e. The topological polar surface area (TPSA) is 54.9 Å². The van der Waals surface area contributed by atoms with Crippen molar-refractivity contribution < 1.29 is 14.3 Å². The summed E-state index contributed by atoms with van der Waals surface area (Å²) in [6.07, 6.45) is 5.69. The van der Waals surface area contributed by atoms with Crippen molar-refractivity contribution in [2.24, 2.45) is 5.41 Å². The van der Waals surface area contributed by atoms with E-state index in [1.165, 1.54) is 5.56 Å². The number of rotatable bonds is 4. The molecule has 1 aromatic heterocycles. The van der Waals surface area contributed by atoms with E-state index in [9.17, 15) is 4.79 Å². The van der Waals surface area contributed by atoms with Crippen molar-refractivity contribution in [3.63, 3.8) is 0 Å². The molecule has 0 radical (unpaired) electrons. The van der Waals surface area contributed by atoms with Gasteiger partial charge in [-0.2, -0.15) is 0 Å². The van der Waals surface area contributed by atoms with Gasteiger partial charge < -0.3 is 14.4 Å². The van der Waals surface area contributed by atoms with Crippen molar-refractivity contribution in [2.45, 2.75) is 19.4 Å². The van der Waals surface area contributed by atoms with E-state index < -0.39 is 0 Å². The van der Waals surface area contributed by atoms with Crippen LogP contribution in [0.1, 0.15) is 28.8 Å². The number of ether oxygens (including phenoxy) is 2. The Morgan fingerprint density at radius 3 is 2.66 bits per heavy atom. The highest BCUT2D eigenvalue weighted by Gasteiger charge is 2.39. The van der Waals surface area contributed by atoms with E-state index in [0.717, 1.165) is 70.1 Å². The second-order valence-electron chi connectivity index (χ2n) is 8.15. The molecule has 1 amide bonds. The van der Waals surface area contributed by atoms with Crippen molar-refractivity contribution >= 4 is 5.91 Å².